The minimum Gasteiger partial charge on any atom is -0.409 e. The molecule has 0 bridgehead atoms. The van der Waals surface area contributed by atoms with E-state index < -0.39 is 0 Å². The van der Waals surface area contributed by atoms with E-state index >= 15 is 0 Å². The van der Waals surface area contributed by atoms with E-state index in [2.05, 4.69) is 26.4 Å². The van der Waals surface area contributed by atoms with Gasteiger partial charge in [0.1, 0.15) is 5.84 Å². The third kappa shape index (κ3) is 4.28. The normalized spacial score (nSPS) is 11.5. The van der Waals surface area contributed by atoms with Gasteiger partial charge < -0.3 is 16.3 Å². The molecule has 88 valence electrons. The predicted octanol–water partition coefficient (Wildman–Crippen LogP) is 3.04. The number of hydrogen-bond acceptors (Lipinski definition) is 3. The van der Waals surface area contributed by atoms with E-state index in [4.69, 9.17) is 22.5 Å². The van der Waals surface area contributed by atoms with Crippen LogP contribution >= 0.6 is 27.5 Å². The summed E-state index contributed by atoms with van der Waals surface area (Å²) in [6, 6.07) is 5.54. The number of halogens is 2. The summed E-state index contributed by atoms with van der Waals surface area (Å²) in [5.41, 5.74) is 6.32. The van der Waals surface area contributed by atoms with Crippen LogP contribution in [0.5, 0.6) is 0 Å². The second-order valence-corrected chi connectivity index (χ2v) is 4.54. The molecule has 0 aliphatic carbocycles. The monoisotopic (exact) mass is 305 g/mol. The van der Waals surface area contributed by atoms with Gasteiger partial charge in [0.25, 0.3) is 0 Å². The summed E-state index contributed by atoms with van der Waals surface area (Å²) in [5, 5.41) is 15.2. The van der Waals surface area contributed by atoms with E-state index in [1.165, 1.54) is 0 Å². The largest absolute Gasteiger partial charge is 0.409 e. The Bertz CT molecular complexity index is 384. The molecule has 0 radical (unpaired) electrons. The maximum absolute atomic E-state index is 8.35. The van der Waals surface area contributed by atoms with Crippen LogP contribution in [0.2, 0.25) is 5.02 Å². The number of amidine groups is 1. The van der Waals surface area contributed by atoms with Crippen molar-refractivity contribution in [2.45, 2.75) is 12.8 Å². The van der Waals surface area contributed by atoms with Crippen LogP contribution in [0.1, 0.15) is 12.8 Å². The summed E-state index contributed by atoms with van der Waals surface area (Å²) in [6.07, 6.45) is 1.36. The molecule has 0 saturated heterocycles. The number of anilines is 1. The molecule has 0 amide bonds. The molecule has 1 rings (SSSR count). The first-order chi connectivity index (χ1) is 7.63. The van der Waals surface area contributed by atoms with Crippen LogP contribution in [0.4, 0.5) is 5.69 Å². The number of nitrogens with one attached hydrogen (secondary N) is 1. The number of nitrogens with zero attached hydrogens (tertiary/aromatic N) is 1. The molecular weight excluding hydrogens is 293 g/mol. The van der Waals surface area contributed by atoms with Crippen molar-refractivity contribution in [1.82, 2.24) is 0 Å². The number of oxime groups is 1. The Kier molecular flexibility index (Phi) is 5.42. The number of benzene rings is 1. The topological polar surface area (TPSA) is 70.6 Å². The number of rotatable bonds is 5. The molecular formula is C10H13BrClN3O. The summed E-state index contributed by atoms with van der Waals surface area (Å²) < 4.78 is 0.920. The average Bonchev–Trinajstić information content (AvgIpc) is 2.26. The fourth-order valence-electron chi connectivity index (χ4n) is 1.18. The molecule has 0 atom stereocenters. The van der Waals surface area contributed by atoms with Crippen LogP contribution in [0.3, 0.4) is 0 Å². The quantitative estimate of drug-likeness (QED) is 0.257. The molecule has 0 spiro atoms. The van der Waals surface area contributed by atoms with Crippen LogP contribution in [0, 0.1) is 0 Å². The molecule has 0 saturated carbocycles. The Morgan fingerprint density at radius 1 is 1.56 bits per heavy atom. The first-order valence-electron chi connectivity index (χ1n) is 4.79. The van der Waals surface area contributed by atoms with E-state index in [9.17, 15) is 0 Å². The van der Waals surface area contributed by atoms with Crippen molar-refractivity contribution < 1.29 is 5.21 Å². The van der Waals surface area contributed by atoms with Crippen molar-refractivity contribution >= 4 is 39.1 Å². The first-order valence-corrected chi connectivity index (χ1v) is 5.96. The third-order valence-electron chi connectivity index (χ3n) is 1.98. The van der Waals surface area contributed by atoms with Crippen LogP contribution < -0.4 is 11.1 Å². The van der Waals surface area contributed by atoms with Crippen molar-refractivity contribution in [3.63, 3.8) is 0 Å². The highest BCUT2D eigenvalue weighted by Crippen LogP contribution is 2.25. The maximum Gasteiger partial charge on any atom is 0.139 e. The lowest BCUT2D eigenvalue weighted by Gasteiger charge is -2.08. The molecule has 1 aromatic rings. The molecule has 16 heavy (non-hydrogen) atoms. The predicted molar refractivity (Wildman–Crippen MR) is 70.3 cm³/mol. The van der Waals surface area contributed by atoms with Crippen molar-refractivity contribution in [2.75, 3.05) is 11.9 Å². The van der Waals surface area contributed by atoms with Gasteiger partial charge in [0.15, 0.2) is 0 Å². The zero-order valence-electron chi connectivity index (χ0n) is 8.58. The second-order valence-electron chi connectivity index (χ2n) is 3.25. The Balaban J connectivity index is 2.37. The summed E-state index contributed by atoms with van der Waals surface area (Å²) in [5.74, 6) is 0.247. The van der Waals surface area contributed by atoms with Gasteiger partial charge in [-0.3, -0.25) is 0 Å². The summed E-state index contributed by atoms with van der Waals surface area (Å²) in [7, 11) is 0. The maximum atomic E-state index is 8.35. The Morgan fingerprint density at radius 2 is 2.31 bits per heavy atom. The highest BCUT2D eigenvalue weighted by molar-refractivity contribution is 9.10. The van der Waals surface area contributed by atoms with Crippen LogP contribution in [-0.4, -0.2) is 17.6 Å². The van der Waals surface area contributed by atoms with Gasteiger partial charge in [-0.2, -0.15) is 0 Å². The standard InChI is InChI=1S/C10H13BrClN3O/c11-8-6-7(12)3-4-9(8)14-5-1-2-10(13)15-16/h3-4,6,14,16H,1-2,5H2,(H2,13,15). The molecule has 4 nitrogen and oxygen atoms in total. The fourth-order valence-corrected chi connectivity index (χ4v) is 2.00. The smallest absolute Gasteiger partial charge is 0.139 e. The van der Waals surface area contributed by atoms with Gasteiger partial charge in [-0.1, -0.05) is 16.8 Å². The van der Waals surface area contributed by atoms with Gasteiger partial charge >= 0.3 is 0 Å². The second kappa shape index (κ2) is 6.60. The zero-order chi connectivity index (χ0) is 12.0. The third-order valence-corrected chi connectivity index (χ3v) is 2.88. The van der Waals surface area contributed by atoms with E-state index in [1.807, 2.05) is 18.2 Å². The van der Waals surface area contributed by atoms with Crippen LogP contribution in [0.25, 0.3) is 0 Å². The lowest BCUT2D eigenvalue weighted by molar-refractivity contribution is 0.316. The van der Waals surface area contributed by atoms with E-state index in [-0.39, 0.29) is 5.84 Å². The SMILES string of the molecule is N/C(CCCNc1ccc(Cl)cc1Br)=N/O. The van der Waals surface area contributed by atoms with Gasteiger partial charge in [-0.15, -0.1) is 0 Å². The Hall–Kier alpha value is -0.940. The number of nitrogens with two attached hydrogens (primary N) is 1. The highest BCUT2D eigenvalue weighted by Gasteiger charge is 2.00. The molecule has 0 unspecified atom stereocenters. The Labute approximate surface area is 108 Å². The lowest BCUT2D eigenvalue weighted by atomic mass is 10.2. The first kappa shape index (κ1) is 13.1. The molecule has 4 N–H and O–H groups in total. The van der Waals surface area contributed by atoms with Crippen LogP contribution in [-0.2, 0) is 0 Å². The molecule has 0 heterocycles. The minimum atomic E-state index is 0.247. The molecule has 1 aromatic carbocycles. The molecule has 6 heteroatoms. The molecule has 0 fully saturated rings. The van der Waals surface area contributed by atoms with Crippen LogP contribution in [0.15, 0.2) is 27.8 Å². The summed E-state index contributed by atoms with van der Waals surface area (Å²) in [6.45, 7) is 0.746. The minimum absolute atomic E-state index is 0.247. The van der Waals surface area contributed by atoms with Crippen molar-refractivity contribution in [1.29, 1.82) is 0 Å². The van der Waals surface area contributed by atoms with Gasteiger partial charge in [-0.25, -0.2) is 0 Å². The van der Waals surface area contributed by atoms with Gasteiger partial charge in [0, 0.05) is 28.1 Å². The van der Waals surface area contributed by atoms with E-state index in [1.54, 1.807) is 0 Å². The Morgan fingerprint density at radius 3 is 2.94 bits per heavy atom. The zero-order valence-corrected chi connectivity index (χ0v) is 10.9. The van der Waals surface area contributed by atoms with Crippen molar-refractivity contribution in [3.8, 4) is 0 Å². The van der Waals surface area contributed by atoms with Gasteiger partial charge in [0.05, 0.1) is 0 Å². The lowest BCUT2D eigenvalue weighted by Crippen LogP contribution is -2.13. The molecule has 0 aliphatic heterocycles. The van der Waals surface area contributed by atoms with Crippen molar-refractivity contribution in [2.24, 2.45) is 10.9 Å². The molecule has 0 aromatic heterocycles. The van der Waals surface area contributed by atoms with Gasteiger partial charge in [-0.05, 0) is 40.5 Å². The van der Waals surface area contributed by atoms with Crippen molar-refractivity contribution in [3.05, 3.63) is 27.7 Å². The highest BCUT2D eigenvalue weighted by atomic mass is 79.9. The average molecular weight is 307 g/mol. The molecule has 0 aliphatic rings. The number of hydrogen-bond donors (Lipinski definition) is 3. The fraction of sp³-hybridized carbons (Fsp3) is 0.300. The van der Waals surface area contributed by atoms with E-state index in [0.29, 0.717) is 11.4 Å². The van der Waals surface area contributed by atoms with E-state index in [0.717, 1.165) is 23.1 Å². The summed E-state index contributed by atoms with van der Waals surface area (Å²) in [4.78, 5) is 0. The summed E-state index contributed by atoms with van der Waals surface area (Å²) >= 11 is 9.23. The van der Waals surface area contributed by atoms with Gasteiger partial charge in [0.2, 0.25) is 0 Å².